The first-order chi connectivity index (χ1) is 28.4. The fraction of sp³-hybridized carbons (Fsp3) is 0.0909. The van der Waals surface area contributed by atoms with E-state index < -0.39 is 0 Å². The monoisotopic (exact) mass is 745 g/mol. The van der Waals surface area contributed by atoms with Crippen LogP contribution in [0.3, 0.4) is 0 Å². The Morgan fingerprint density at radius 2 is 1.00 bits per heavy atom. The van der Waals surface area contributed by atoms with E-state index in [0.717, 1.165) is 28.4 Å². The maximum absolute atomic E-state index is 2.49. The summed E-state index contributed by atoms with van der Waals surface area (Å²) in [5.41, 5.74) is 19.6. The van der Waals surface area contributed by atoms with E-state index in [1.807, 2.05) is 0 Å². The number of para-hydroxylation sites is 3. The summed E-state index contributed by atoms with van der Waals surface area (Å²) in [4.78, 5) is 2.42. The fourth-order valence-electron chi connectivity index (χ4n) is 9.81. The Balaban J connectivity index is 1.13. The van der Waals surface area contributed by atoms with Gasteiger partial charge >= 0.3 is 0 Å². The summed E-state index contributed by atoms with van der Waals surface area (Å²) in [7, 11) is 0. The second-order valence-corrected chi connectivity index (χ2v) is 16.3. The maximum Gasteiger partial charge on any atom is 0.0572 e. The number of rotatable bonds is 6. The SMILES string of the molecule is Cc1ccccc1-c1c(C)c2cc(N(c3ccccc3)c3ccc4c(c3)C(C)(C)c3ccccc3-4)ccc2n1-c1ccc2c(c1)c1ccccc1n2-c1ccccc1. The van der Waals surface area contributed by atoms with Crippen LogP contribution in [-0.4, -0.2) is 9.13 Å². The molecule has 58 heavy (non-hydrogen) atoms. The van der Waals surface area contributed by atoms with Crippen LogP contribution in [-0.2, 0) is 5.41 Å². The molecule has 0 bridgehead atoms. The lowest BCUT2D eigenvalue weighted by Gasteiger charge is -2.28. The number of hydrogen-bond donors (Lipinski definition) is 0. The molecule has 278 valence electrons. The molecule has 0 radical (unpaired) electrons. The third-order valence-corrected chi connectivity index (χ3v) is 12.6. The lowest BCUT2D eigenvalue weighted by molar-refractivity contribution is 0.660. The van der Waals surface area contributed by atoms with Crippen molar-refractivity contribution in [3.05, 3.63) is 210 Å². The minimum Gasteiger partial charge on any atom is -0.310 e. The minimum absolute atomic E-state index is 0.0982. The Morgan fingerprint density at radius 3 is 1.81 bits per heavy atom. The summed E-state index contributed by atoms with van der Waals surface area (Å²) >= 11 is 0. The van der Waals surface area contributed by atoms with Gasteiger partial charge in [-0.2, -0.15) is 0 Å². The molecule has 3 nitrogen and oxygen atoms in total. The van der Waals surface area contributed by atoms with Crippen LogP contribution < -0.4 is 4.90 Å². The van der Waals surface area contributed by atoms with Crippen LogP contribution >= 0.6 is 0 Å². The van der Waals surface area contributed by atoms with Crippen molar-refractivity contribution in [3.8, 4) is 33.8 Å². The highest BCUT2D eigenvalue weighted by Crippen LogP contribution is 2.51. The second kappa shape index (κ2) is 13.0. The van der Waals surface area contributed by atoms with Crippen LogP contribution in [0.1, 0.15) is 36.1 Å². The first-order valence-electron chi connectivity index (χ1n) is 20.3. The van der Waals surface area contributed by atoms with Crippen molar-refractivity contribution in [3.63, 3.8) is 0 Å². The van der Waals surface area contributed by atoms with Crippen LogP contribution in [0.15, 0.2) is 188 Å². The van der Waals surface area contributed by atoms with Gasteiger partial charge in [0.05, 0.1) is 22.2 Å². The van der Waals surface area contributed by atoms with E-state index in [1.54, 1.807) is 0 Å². The van der Waals surface area contributed by atoms with E-state index in [4.69, 9.17) is 0 Å². The van der Waals surface area contributed by atoms with Gasteiger partial charge in [-0.15, -0.1) is 0 Å². The molecular weight excluding hydrogens is 703 g/mol. The Bertz CT molecular complexity index is 3220. The zero-order valence-electron chi connectivity index (χ0n) is 33.2. The van der Waals surface area contributed by atoms with E-state index in [2.05, 4.69) is 230 Å². The normalized spacial score (nSPS) is 13.0. The van der Waals surface area contributed by atoms with Gasteiger partial charge in [0.15, 0.2) is 0 Å². The Morgan fingerprint density at radius 1 is 0.397 bits per heavy atom. The number of anilines is 3. The summed E-state index contributed by atoms with van der Waals surface area (Å²) in [6.07, 6.45) is 0. The minimum atomic E-state index is -0.0982. The fourth-order valence-corrected chi connectivity index (χ4v) is 9.81. The molecule has 0 fully saturated rings. The van der Waals surface area contributed by atoms with E-state index >= 15 is 0 Å². The molecule has 0 spiro atoms. The maximum atomic E-state index is 2.49. The number of fused-ring (bicyclic) bond motifs is 7. The van der Waals surface area contributed by atoms with Crippen molar-refractivity contribution in [2.24, 2.45) is 0 Å². The number of hydrogen-bond acceptors (Lipinski definition) is 1. The Hall–Kier alpha value is -7.10. The standard InChI is InChI=1S/C55H43N3/c1-36-17-11-12-22-43(36)54-37(2)47-33-40(56(38-18-7-5-8-19-38)42-27-30-45-44-23-13-15-25-49(44)55(3,4)50(45)35-42)28-31-52(47)58(54)41-29-32-53-48(34-41)46-24-14-16-26-51(46)57(53)39-20-9-6-10-21-39/h5-35H,1-4H3. The van der Waals surface area contributed by atoms with Crippen molar-refractivity contribution >= 4 is 49.8 Å². The number of nitrogens with zero attached hydrogens (tertiary/aromatic N) is 3. The lowest BCUT2D eigenvalue weighted by atomic mass is 9.82. The van der Waals surface area contributed by atoms with Crippen molar-refractivity contribution < 1.29 is 0 Å². The average Bonchev–Trinajstić information content (AvgIpc) is 3.83. The van der Waals surface area contributed by atoms with E-state index in [1.165, 1.54) is 77.3 Å². The molecule has 2 heterocycles. The number of aryl methyl sites for hydroxylation is 2. The van der Waals surface area contributed by atoms with Crippen molar-refractivity contribution in [2.75, 3.05) is 4.90 Å². The zero-order valence-corrected chi connectivity index (χ0v) is 33.2. The number of aromatic nitrogens is 2. The van der Waals surface area contributed by atoms with Gasteiger partial charge in [0.1, 0.15) is 0 Å². The molecule has 0 unspecified atom stereocenters. The van der Waals surface area contributed by atoms with Gasteiger partial charge < -0.3 is 14.0 Å². The van der Waals surface area contributed by atoms with E-state index in [-0.39, 0.29) is 5.41 Å². The molecule has 0 amide bonds. The Labute approximate surface area is 339 Å². The summed E-state index contributed by atoms with van der Waals surface area (Å²) in [6, 6.07) is 69.1. The van der Waals surface area contributed by atoms with Gasteiger partial charge in [0.2, 0.25) is 0 Å². The molecule has 0 aliphatic heterocycles. The smallest absolute Gasteiger partial charge is 0.0572 e. The Kier molecular flexibility index (Phi) is 7.64. The third-order valence-electron chi connectivity index (χ3n) is 12.6. The van der Waals surface area contributed by atoms with Gasteiger partial charge in [-0.25, -0.2) is 0 Å². The first kappa shape index (κ1) is 34.2. The topological polar surface area (TPSA) is 13.1 Å². The van der Waals surface area contributed by atoms with Crippen molar-refractivity contribution in [1.82, 2.24) is 9.13 Å². The molecule has 0 saturated carbocycles. The molecular formula is C55H43N3. The molecule has 3 heteroatoms. The second-order valence-electron chi connectivity index (χ2n) is 16.3. The largest absolute Gasteiger partial charge is 0.310 e. The average molecular weight is 746 g/mol. The third kappa shape index (κ3) is 5.06. The van der Waals surface area contributed by atoms with Gasteiger partial charge in [-0.1, -0.05) is 123 Å². The summed E-state index contributed by atoms with van der Waals surface area (Å²) < 4.78 is 4.88. The number of benzene rings is 8. The lowest BCUT2D eigenvalue weighted by Crippen LogP contribution is -2.16. The summed E-state index contributed by atoms with van der Waals surface area (Å²) in [6.45, 7) is 9.24. The predicted molar refractivity (Wildman–Crippen MR) is 245 cm³/mol. The molecule has 0 atom stereocenters. The molecule has 8 aromatic carbocycles. The summed E-state index contributed by atoms with van der Waals surface area (Å²) in [5.74, 6) is 0. The van der Waals surface area contributed by atoms with Gasteiger partial charge in [-0.3, -0.25) is 0 Å². The van der Waals surface area contributed by atoms with Crippen LogP contribution in [0.5, 0.6) is 0 Å². The van der Waals surface area contributed by atoms with E-state index in [0.29, 0.717) is 0 Å². The molecule has 2 aromatic heterocycles. The van der Waals surface area contributed by atoms with Crippen LogP contribution in [0, 0.1) is 13.8 Å². The van der Waals surface area contributed by atoms with E-state index in [9.17, 15) is 0 Å². The van der Waals surface area contributed by atoms with Gasteiger partial charge in [0.25, 0.3) is 0 Å². The molecule has 11 rings (SSSR count). The van der Waals surface area contributed by atoms with Crippen LogP contribution in [0.2, 0.25) is 0 Å². The molecule has 0 saturated heterocycles. The van der Waals surface area contributed by atoms with Gasteiger partial charge in [0, 0.05) is 55.6 Å². The first-order valence-corrected chi connectivity index (χ1v) is 20.3. The zero-order chi connectivity index (χ0) is 39.1. The highest BCUT2D eigenvalue weighted by atomic mass is 15.1. The summed E-state index contributed by atoms with van der Waals surface area (Å²) in [5, 5.41) is 3.72. The molecule has 10 aromatic rings. The van der Waals surface area contributed by atoms with Crippen LogP contribution in [0.25, 0.3) is 66.5 Å². The van der Waals surface area contributed by atoms with Crippen molar-refractivity contribution in [2.45, 2.75) is 33.1 Å². The van der Waals surface area contributed by atoms with Gasteiger partial charge in [-0.05, 0) is 126 Å². The molecule has 1 aliphatic carbocycles. The van der Waals surface area contributed by atoms with Crippen LogP contribution in [0.4, 0.5) is 17.1 Å². The predicted octanol–water partition coefficient (Wildman–Crippen LogP) is 14.8. The van der Waals surface area contributed by atoms with Crippen molar-refractivity contribution in [1.29, 1.82) is 0 Å². The molecule has 1 aliphatic rings. The molecule has 0 N–H and O–H groups in total. The quantitative estimate of drug-likeness (QED) is 0.165. The highest BCUT2D eigenvalue weighted by molar-refractivity contribution is 6.10. The highest BCUT2D eigenvalue weighted by Gasteiger charge is 2.36.